The van der Waals surface area contributed by atoms with Crippen molar-refractivity contribution < 1.29 is 13.2 Å². The zero-order valence-corrected chi connectivity index (χ0v) is 10.7. The summed E-state index contributed by atoms with van der Waals surface area (Å²) in [4.78, 5) is 0. The van der Waals surface area contributed by atoms with E-state index in [-0.39, 0.29) is 11.9 Å². The van der Waals surface area contributed by atoms with E-state index in [1.54, 1.807) is 0 Å². The smallest absolute Gasteiger partial charge is 0.212 e. The first-order valence-electron chi connectivity index (χ1n) is 5.93. The van der Waals surface area contributed by atoms with Gasteiger partial charge in [0.25, 0.3) is 0 Å². The van der Waals surface area contributed by atoms with E-state index in [0.717, 1.165) is 32.4 Å². The van der Waals surface area contributed by atoms with Gasteiger partial charge >= 0.3 is 0 Å². The van der Waals surface area contributed by atoms with Crippen LogP contribution in [0.5, 0.6) is 0 Å². The molecule has 1 saturated heterocycles. The van der Waals surface area contributed by atoms with Crippen LogP contribution in [0.4, 0.5) is 0 Å². The molecule has 2 N–H and O–H groups in total. The predicted octanol–water partition coefficient (Wildman–Crippen LogP) is 0.0844. The summed E-state index contributed by atoms with van der Waals surface area (Å²) in [6.07, 6.45) is 3.07. The first-order valence-corrected chi connectivity index (χ1v) is 7.59. The van der Waals surface area contributed by atoms with E-state index < -0.39 is 10.0 Å². The third-order valence-electron chi connectivity index (χ3n) is 2.53. The molecule has 16 heavy (non-hydrogen) atoms. The molecule has 0 aromatic carbocycles. The van der Waals surface area contributed by atoms with Crippen molar-refractivity contribution >= 4 is 10.0 Å². The van der Waals surface area contributed by atoms with Crippen LogP contribution in [0, 0.1) is 0 Å². The van der Waals surface area contributed by atoms with Gasteiger partial charge in [-0.05, 0) is 25.8 Å². The minimum absolute atomic E-state index is 0.0679. The van der Waals surface area contributed by atoms with Crippen molar-refractivity contribution in [2.24, 2.45) is 0 Å². The number of ether oxygens (including phenoxy) is 1. The van der Waals surface area contributed by atoms with Crippen LogP contribution in [0.2, 0.25) is 0 Å². The predicted molar refractivity (Wildman–Crippen MR) is 63.9 cm³/mol. The average molecular weight is 250 g/mol. The van der Waals surface area contributed by atoms with Crippen LogP contribution in [0.25, 0.3) is 0 Å². The van der Waals surface area contributed by atoms with Crippen LogP contribution in [-0.4, -0.2) is 46.5 Å². The largest absolute Gasteiger partial charge is 0.377 e. The van der Waals surface area contributed by atoms with Gasteiger partial charge < -0.3 is 10.1 Å². The molecule has 0 bridgehead atoms. The monoisotopic (exact) mass is 250 g/mol. The van der Waals surface area contributed by atoms with Crippen molar-refractivity contribution in [3.63, 3.8) is 0 Å². The van der Waals surface area contributed by atoms with Crippen molar-refractivity contribution in [3.05, 3.63) is 0 Å². The van der Waals surface area contributed by atoms with Gasteiger partial charge in [-0.15, -0.1) is 0 Å². The van der Waals surface area contributed by atoms with Crippen molar-refractivity contribution in [3.8, 4) is 0 Å². The fourth-order valence-corrected chi connectivity index (χ4v) is 2.60. The van der Waals surface area contributed by atoms with E-state index in [9.17, 15) is 8.42 Å². The van der Waals surface area contributed by atoms with Gasteiger partial charge in [0.1, 0.15) is 0 Å². The lowest BCUT2D eigenvalue weighted by Crippen LogP contribution is -2.36. The van der Waals surface area contributed by atoms with E-state index in [2.05, 4.69) is 17.0 Å². The maximum atomic E-state index is 11.5. The highest BCUT2D eigenvalue weighted by atomic mass is 32.2. The van der Waals surface area contributed by atoms with Gasteiger partial charge in [0.05, 0.1) is 11.9 Å². The molecule has 1 rings (SSSR count). The van der Waals surface area contributed by atoms with Crippen molar-refractivity contribution in [1.82, 2.24) is 10.0 Å². The summed E-state index contributed by atoms with van der Waals surface area (Å²) in [7, 11) is -3.14. The highest BCUT2D eigenvalue weighted by Gasteiger charge is 2.18. The Morgan fingerprint density at radius 2 is 2.19 bits per heavy atom. The van der Waals surface area contributed by atoms with E-state index in [1.807, 2.05) is 0 Å². The zero-order chi connectivity index (χ0) is 11.9. The Kier molecular flexibility index (Phi) is 6.26. The maximum absolute atomic E-state index is 11.5. The second-order valence-electron chi connectivity index (χ2n) is 4.05. The molecule has 1 atom stereocenters. The summed E-state index contributed by atoms with van der Waals surface area (Å²) in [5.74, 6) is 0.139. The Morgan fingerprint density at radius 3 is 2.81 bits per heavy atom. The van der Waals surface area contributed by atoms with Crippen LogP contribution in [0.1, 0.15) is 26.2 Å². The molecule has 0 aromatic heterocycles. The topological polar surface area (TPSA) is 67.4 Å². The van der Waals surface area contributed by atoms with Gasteiger partial charge in [-0.3, -0.25) is 0 Å². The summed E-state index contributed by atoms with van der Waals surface area (Å²) in [6, 6.07) is 0. The van der Waals surface area contributed by atoms with Gasteiger partial charge in [0, 0.05) is 19.7 Å². The van der Waals surface area contributed by atoms with E-state index in [4.69, 9.17) is 4.74 Å². The minimum atomic E-state index is -3.14. The van der Waals surface area contributed by atoms with Crippen LogP contribution in [0.3, 0.4) is 0 Å². The third kappa shape index (κ3) is 5.79. The Morgan fingerprint density at radius 1 is 1.38 bits per heavy atom. The summed E-state index contributed by atoms with van der Waals surface area (Å²) < 4.78 is 31.0. The standard InChI is InChI=1S/C10H22N2O3S/c1-2-5-11-6-8-16(13,14)12-9-10-4-3-7-15-10/h10-12H,2-9H2,1H3. The Hall–Kier alpha value is -0.170. The minimum Gasteiger partial charge on any atom is -0.377 e. The molecule has 5 nitrogen and oxygen atoms in total. The van der Waals surface area contributed by atoms with Crippen molar-refractivity contribution in [2.45, 2.75) is 32.3 Å². The van der Waals surface area contributed by atoms with Crippen LogP contribution >= 0.6 is 0 Å². The number of nitrogens with one attached hydrogen (secondary N) is 2. The number of sulfonamides is 1. The summed E-state index contributed by atoms with van der Waals surface area (Å²) in [5, 5.41) is 3.07. The highest BCUT2D eigenvalue weighted by Crippen LogP contribution is 2.10. The normalized spacial score (nSPS) is 21.4. The Balaban J connectivity index is 2.12. The van der Waals surface area contributed by atoms with Gasteiger partial charge in [0.15, 0.2) is 0 Å². The summed E-state index contributed by atoms with van der Waals surface area (Å²) in [5.41, 5.74) is 0. The molecule has 0 spiro atoms. The fourth-order valence-electron chi connectivity index (χ4n) is 1.61. The Labute approximate surface area is 98.0 Å². The number of rotatable bonds is 8. The molecular weight excluding hydrogens is 228 g/mol. The molecule has 96 valence electrons. The van der Waals surface area contributed by atoms with Gasteiger partial charge in [-0.2, -0.15) is 0 Å². The molecule has 1 aliphatic heterocycles. The first-order chi connectivity index (χ1) is 7.64. The molecule has 0 saturated carbocycles. The lowest BCUT2D eigenvalue weighted by Gasteiger charge is -2.11. The molecular formula is C10H22N2O3S. The third-order valence-corrected chi connectivity index (χ3v) is 3.88. The highest BCUT2D eigenvalue weighted by molar-refractivity contribution is 7.89. The zero-order valence-electron chi connectivity index (χ0n) is 9.87. The molecule has 6 heteroatoms. The quantitative estimate of drug-likeness (QED) is 0.599. The van der Waals surface area contributed by atoms with E-state index >= 15 is 0 Å². The van der Waals surface area contributed by atoms with E-state index in [1.165, 1.54) is 0 Å². The number of hydrogen-bond donors (Lipinski definition) is 2. The Bertz CT molecular complexity index is 274. The van der Waals surface area contributed by atoms with E-state index in [0.29, 0.717) is 13.1 Å². The SMILES string of the molecule is CCCNCCS(=O)(=O)NCC1CCCO1. The van der Waals surface area contributed by atoms with Gasteiger partial charge in [-0.1, -0.05) is 6.92 Å². The average Bonchev–Trinajstić information content (AvgIpc) is 2.75. The van der Waals surface area contributed by atoms with Crippen molar-refractivity contribution in [1.29, 1.82) is 0 Å². The van der Waals surface area contributed by atoms with Crippen molar-refractivity contribution in [2.75, 3.05) is 32.0 Å². The molecule has 0 aromatic rings. The summed E-state index contributed by atoms with van der Waals surface area (Å²) >= 11 is 0. The second-order valence-corrected chi connectivity index (χ2v) is 5.98. The van der Waals surface area contributed by atoms with Gasteiger partial charge in [-0.25, -0.2) is 13.1 Å². The molecule has 1 aliphatic rings. The molecule has 0 radical (unpaired) electrons. The molecule has 0 amide bonds. The summed E-state index contributed by atoms with van der Waals surface area (Å²) in [6.45, 7) is 4.59. The maximum Gasteiger partial charge on any atom is 0.212 e. The number of hydrogen-bond acceptors (Lipinski definition) is 4. The lowest BCUT2D eigenvalue weighted by atomic mass is 10.2. The molecule has 1 heterocycles. The van der Waals surface area contributed by atoms with Crippen LogP contribution < -0.4 is 10.0 Å². The van der Waals surface area contributed by atoms with Gasteiger partial charge in [0.2, 0.25) is 10.0 Å². The lowest BCUT2D eigenvalue weighted by molar-refractivity contribution is 0.114. The fraction of sp³-hybridized carbons (Fsp3) is 1.00. The van der Waals surface area contributed by atoms with Crippen LogP contribution in [0.15, 0.2) is 0 Å². The molecule has 0 aliphatic carbocycles. The van der Waals surface area contributed by atoms with Crippen LogP contribution in [-0.2, 0) is 14.8 Å². The molecule has 1 fully saturated rings. The first kappa shape index (κ1) is 13.9. The second kappa shape index (κ2) is 7.21. The molecule has 1 unspecified atom stereocenters.